The van der Waals surface area contributed by atoms with Gasteiger partial charge >= 0.3 is 6.18 Å². The standard InChI is InChI=1S/C10H13F3N4O/c1-14-9-16-7(10(11,12)13)4-8(17-9)15-5-2-6(18)3-5/h4-6,18H,2-3H2,1H3,(H2,14,15,16,17). The summed E-state index contributed by atoms with van der Waals surface area (Å²) in [6.07, 6.45) is -3.86. The van der Waals surface area contributed by atoms with Gasteiger partial charge in [-0.1, -0.05) is 0 Å². The highest BCUT2D eigenvalue weighted by Gasteiger charge is 2.34. The fourth-order valence-corrected chi connectivity index (χ4v) is 1.69. The van der Waals surface area contributed by atoms with E-state index in [9.17, 15) is 13.2 Å². The lowest BCUT2D eigenvalue weighted by molar-refractivity contribution is -0.141. The molecule has 1 aliphatic carbocycles. The van der Waals surface area contributed by atoms with Gasteiger partial charge in [-0.15, -0.1) is 0 Å². The van der Waals surface area contributed by atoms with E-state index in [2.05, 4.69) is 20.6 Å². The summed E-state index contributed by atoms with van der Waals surface area (Å²) in [6.45, 7) is 0. The van der Waals surface area contributed by atoms with Gasteiger partial charge in [-0.2, -0.15) is 18.2 Å². The molecule has 1 aromatic heterocycles. The van der Waals surface area contributed by atoms with Crippen LogP contribution in [-0.2, 0) is 6.18 Å². The first-order chi connectivity index (χ1) is 8.38. The quantitative estimate of drug-likeness (QED) is 0.769. The molecular weight excluding hydrogens is 249 g/mol. The topological polar surface area (TPSA) is 70.1 Å². The molecule has 2 rings (SSSR count). The Kier molecular flexibility index (Phi) is 3.29. The molecule has 1 aliphatic rings. The van der Waals surface area contributed by atoms with Crippen molar-refractivity contribution in [3.8, 4) is 0 Å². The summed E-state index contributed by atoms with van der Waals surface area (Å²) in [4.78, 5) is 7.25. The first-order valence-electron chi connectivity index (χ1n) is 5.47. The zero-order valence-corrected chi connectivity index (χ0v) is 9.62. The van der Waals surface area contributed by atoms with Crippen LogP contribution in [0.5, 0.6) is 0 Å². The Balaban J connectivity index is 2.18. The van der Waals surface area contributed by atoms with Gasteiger partial charge in [-0.25, -0.2) is 4.98 Å². The predicted octanol–water partition coefficient (Wildman–Crippen LogP) is 1.47. The molecular formula is C10H13F3N4O. The van der Waals surface area contributed by atoms with Crippen LogP contribution in [0.1, 0.15) is 18.5 Å². The van der Waals surface area contributed by atoms with E-state index in [0.717, 1.165) is 6.07 Å². The third kappa shape index (κ3) is 2.81. The fraction of sp³-hybridized carbons (Fsp3) is 0.600. The molecule has 0 aromatic carbocycles. The molecule has 0 aliphatic heterocycles. The average molecular weight is 262 g/mol. The van der Waals surface area contributed by atoms with Crippen molar-refractivity contribution in [2.24, 2.45) is 0 Å². The van der Waals surface area contributed by atoms with E-state index in [1.54, 1.807) is 0 Å². The van der Waals surface area contributed by atoms with Crippen LogP contribution in [0.15, 0.2) is 6.07 Å². The summed E-state index contributed by atoms with van der Waals surface area (Å²) < 4.78 is 37.8. The van der Waals surface area contributed by atoms with Crippen LogP contribution in [0.25, 0.3) is 0 Å². The van der Waals surface area contributed by atoms with Crippen molar-refractivity contribution in [2.75, 3.05) is 17.7 Å². The molecule has 0 saturated heterocycles. The van der Waals surface area contributed by atoms with Crippen LogP contribution >= 0.6 is 0 Å². The van der Waals surface area contributed by atoms with Gasteiger partial charge < -0.3 is 15.7 Å². The normalized spacial score (nSPS) is 23.4. The van der Waals surface area contributed by atoms with E-state index in [0.29, 0.717) is 12.8 Å². The van der Waals surface area contributed by atoms with Crippen LogP contribution in [0, 0.1) is 0 Å². The van der Waals surface area contributed by atoms with Gasteiger partial charge in [-0.3, -0.25) is 0 Å². The Morgan fingerprint density at radius 1 is 1.33 bits per heavy atom. The van der Waals surface area contributed by atoms with E-state index in [-0.39, 0.29) is 23.9 Å². The van der Waals surface area contributed by atoms with E-state index >= 15 is 0 Å². The number of hydrogen-bond acceptors (Lipinski definition) is 5. The molecule has 18 heavy (non-hydrogen) atoms. The van der Waals surface area contributed by atoms with Gasteiger partial charge in [0.05, 0.1) is 6.10 Å². The van der Waals surface area contributed by atoms with Crippen molar-refractivity contribution in [1.29, 1.82) is 0 Å². The maximum atomic E-state index is 12.6. The van der Waals surface area contributed by atoms with Crippen molar-refractivity contribution in [3.63, 3.8) is 0 Å². The number of nitrogens with zero attached hydrogens (tertiary/aromatic N) is 2. The number of aliphatic hydroxyl groups is 1. The minimum absolute atomic E-state index is 0.0410. The summed E-state index contributed by atoms with van der Waals surface area (Å²) >= 11 is 0. The van der Waals surface area contributed by atoms with Crippen LogP contribution < -0.4 is 10.6 Å². The van der Waals surface area contributed by atoms with Crippen molar-refractivity contribution in [2.45, 2.75) is 31.2 Å². The molecule has 0 radical (unpaired) electrons. The van der Waals surface area contributed by atoms with Gasteiger partial charge in [0.1, 0.15) is 5.82 Å². The number of aliphatic hydroxyl groups excluding tert-OH is 1. The predicted molar refractivity (Wildman–Crippen MR) is 59.2 cm³/mol. The highest BCUT2D eigenvalue weighted by molar-refractivity contribution is 5.44. The van der Waals surface area contributed by atoms with Crippen LogP contribution in [0.2, 0.25) is 0 Å². The number of aromatic nitrogens is 2. The maximum absolute atomic E-state index is 12.6. The Morgan fingerprint density at radius 2 is 2.00 bits per heavy atom. The zero-order valence-electron chi connectivity index (χ0n) is 9.62. The van der Waals surface area contributed by atoms with E-state index in [1.807, 2.05) is 0 Å². The molecule has 3 N–H and O–H groups in total. The summed E-state index contributed by atoms with van der Waals surface area (Å²) in [5.41, 5.74) is -0.996. The summed E-state index contributed by atoms with van der Waals surface area (Å²) in [5.74, 6) is 0.0192. The van der Waals surface area contributed by atoms with E-state index in [1.165, 1.54) is 7.05 Å². The number of anilines is 2. The lowest BCUT2D eigenvalue weighted by Gasteiger charge is -2.32. The van der Waals surface area contributed by atoms with Gasteiger partial charge in [0.25, 0.3) is 0 Å². The minimum atomic E-state index is -4.51. The SMILES string of the molecule is CNc1nc(NC2CC(O)C2)cc(C(F)(F)F)n1. The second-order valence-corrected chi connectivity index (χ2v) is 4.18. The third-order valence-electron chi connectivity index (χ3n) is 2.71. The molecule has 1 saturated carbocycles. The number of hydrogen-bond donors (Lipinski definition) is 3. The van der Waals surface area contributed by atoms with Crippen molar-refractivity contribution in [3.05, 3.63) is 11.8 Å². The Morgan fingerprint density at radius 3 is 2.50 bits per heavy atom. The summed E-state index contributed by atoms with van der Waals surface area (Å²) in [6, 6.07) is 0.826. The molecule has 8 heteroatoms. The van der Waals surface area contributed by atoms with Crippen LogP contribution in [-0.4, -0.2) is 34.3 Å². The number of halogens is 3. The van der Waals surface area contributed by atoms with Gasteiger partial charge in [0.15, 0.2) is 5.69 Å². The molecule has 1 fully saturated rings. The number of alkyl halides is 3. The second-order valence-electron chi connectivity index (χ2n) is 4.18. The Hall–Kier alpha value is -1.57. The summed E-state index contributed by atoms with van der Waals surface area (Å²) in [5, 5.41) is 14.4. The van der Waals surface area contributed by atoms with Crippen LogP contribution in [0.3, 0.4) is 0 Å². The highest BCUT2D eigenvalue weighted by atomic mass is 19.4. The Bertz CT molecular complexity index is 432. The third-order valence-corrected chi connectivity index (χ3v) is 2.71. The average Bonchev–Trinajstić information content (AvgIpc) is 2.25. The molecule has 0 amide bonds. The smallest absolute Gasteiger partial charge is 0.393 e. The van der Waals surface area contributed by atoms with Crippen LogP contribution in [0.4, 0.5) is 24.9 Å². The van der Waals surface area contributed by atoms with Crippen molar-refractivity contribution < 1.29 is 18.3 Å². The first-order valence-corrected chi connectivity index (χ1v) is 5.47. The largest absolute Gasteiger partial charge is 0.433 e. The van der Waals surface area contributed by atoms with E-state index < -0.39 is 11.9 Å². The van der Waals surface area contributed by atoms with Gasteiger partial charge in [0, 0.05) is 19.2 Å². The number of nitrogens with one attached hydrogen (secondary N) is 2. The molecule has 5 nitrogen and oxygen atoms in total. The monoisotopic (exact) mass is 262 g/mol. The number of rotatable bonds is 3. The molecule has 1 heterocycles. The van der Waals surface area contributed by atoms with Gasteiger partial charge in [-0.05, 0) is 12.8 Å². The molecule has 100 valence electrons. The molecule has 0 spiro atoms. The maximum Gasteiger partial charge on any atom is 0.433 e. The van der Waals surface area contributed by atoms with Crippen molar-refractivity contribution >= 4 is 11.8 Å². The lowest BCUT2D eigenvalue weighted by Crippen LogP contribution is -2.39. The summed E-state index contributed by atoms with van der Waals surface area (Å²) in [7, 11) is 1.45. The zero-order chi connectivity index (χ0) is 13.3. The van der Waals surface area contributed by atoms with Gasteiger partial charge in [0.2, 0.25) is 5.95 Å². The fourth-order valence-electron chi connectivity index (χ4n) is 1.69. The molecule has 0 bridgehead atoms. The lowest BCUT2D eigenvalue weighted by atomic mass is 9.89. The minimum Gasteiger partial charge on any atom is -0.393 e. The molecule has 0 unspecified atom stereocenters. The first kappa shape index (κ1) is 12.9. The van der Waals surface area contributed by atoms with E-state index in [4.69, 9.17) is 5.11 Å². The van der Waals surface area contributed by atoms with Crippen molar-refractivity contribution in [1.82, 2.24) is 9.97 Å². The molecule has 1 aromatic rings. The Labute approximate surface area is 101 Å². The highest BCUT2D eigenvalue weighted by Crippen LogP contribution is 2.31. The second kappa shape index (κ2) is 4.60. The molecule has 0 atom stereocenters.